The van der Waals surface area contributed by atoms with Crippen LogP contribution in [0.5, 0.6) is 0 Å². The number of H-pyrrole nitrogens is 1. The van der Waals surface area contributed by atoms with Crippen LogP contribution in [-0.2, 0) is 23.2 Å². The Kier molecular flexibility index (Phi) is 3.78. The number of hydrogen-bond donors (Lipinski definition) is 2. The van der Waals surface area contributed by atoms with Gasteiger partial charge in [0.25, 0.3) is 5.56 Å². The van der Waals surface area contributed by atoms with Gasteiger partial charge in [0, 0.05) is 37.0 Å². The predicted molar refractivity (Wildman–Crippen MR) is 89.7 cm³/mol. The molecule has 1 aliphatic carbocycles. The van der Waals surface area contributed by atoms with Gasteiger partial charge in [-0.2, -0.15) is 0 Å². The molecule has 9 nitrogen and oxygen atoms in total. The van der Waals surface area contributed by atoms with Gasteiger partial charge in [0.2, 0.25) is 11.9 Å². The Hall–Kier alpha value is -2.71. The van der Waals surface area contributed by atoms with Gasteiger partial charge in [-0.05, 0) is 25.7 Å². The summed E-state index contributed by atoms with van der Waals surface area (Å²) in [5.74, 6) is 0.317. The lowest BCUT2D eigenvalue weighted by Gasteiger charge is -2.39. The van der Waals surface area contributed by atoms with E-state index in [1.807, 2.05) is 4.90 Å². The molecule has 1 fully saturated rings. The monoisotopic (exact) mass is 343 g/mol. The number of carbonyl (C=O) groups is 1. The fourth-order valence-electron chi connectivity index (χ4n) is 4.06. The number of anilines is 1. The second kappa shape index (κ2) is 5.98. The van der Waals surface area contributed by atoms with Gasteiger partial charge in [-0.25, -0.2) is 4.98 Å². The van der Waals surface area contributed by atoms with Crippen LogP contribution in [0, 0.1) is 0 Å². The van der Waals surface area contributed by atoms with Crippen molar-refractivity contribution in [3.05, 3.63) is 34.3 Å². The highest BCUT2D eigenvalue weighted by atomic mass is 16.2. The number of fused-ring (bicyclic) bond motifs is 2. The Bertz CT molecular complexity index is 835. The van der Waals surface area contributed by atoms with E-state index >= 15 is 0 Å². The molecule has 0 atom stereocenters. The number of nitrogens with one attached hydrogen (secondary N) is 1. The summed E-state index contributed by atoms with van der Waals surface area (Å²) in [5, 5.41) is 7.48. The van der Waals surface area contributed by atoms with Gasteiger partial charge in [-0.1, -0.05) is 0 Å². The highest BCUT2D eigenvalue weighted by Crippen LogP contribution is 2.44. The van der Waals surface area contributed by atoms with Crippen molar-refractivity contribution in [2.75, 3.05) is 18.8 Å². The summed E-state index contributed by atoms with van der Waals surface area (Å²) in [5.41, 5.74) is 7.13. The summed E-state index contributed by atoms with van der Waals surface area (Å²) in [4.78, 5) is 33.4. The molecule has 2 aromatic rings. The first-order chi connectivity index (χ1) is 12.1. The second-order valence-electron chi connectivity index (χ2n) is 6.89. The third-order valence-corrected chi connectivity index (χ3v) is 5.51. The summed E-state index contributed by atoms with van der Waals surface area (Å²) in [6.07, 6.45) is 6.96. The summed E-state index contributed by atoms with van der Waals surface area (Å²) in [6.45, 7) is 1.97. The van der Waals surface area contributed by atoms with Gasteiger partial charge in [0.15, 0.2) is 0 Å². The van der Waals surface area contributed by atoms with Crippen molar-refractivity contribution in [1.82, 2.24) is 29.6 Å². The predicted octanol–water partition coefficient (Wildman–Crippen LogP) is -0.160. The van der Waals surface area contributed by atoms with E-state index in [0.29, 0.717) is 26.1 Å². The van der Waals surface area contributed by atoms with Crippen LogP contribution in [0.25, 0.3) is 0 Å². The van der Waals surface area contributed by atoms with Gasteiger partial charge in [-0.3, -0.25) is 14.6 Å². The summed E-state index contributed by atoms with van der Waals surface area (Å²) < 4.78 is 1.80. The molecule has 1 amide bonds. The molecule has 1 saturated heterocycles. The molecule has 1 aliphatic heterocycles. The number of nitrogen functional groups attached to an aromatic ring is 1. The largest absolute Gasteiger partial charge is 0.369 e. The quantitative estimate of drug-likeness (QED) is 0.798. The number of amides is 1. The van der Waals surface area contributed by atoms with Crippen LogP contribution in [0.3, 0.4) is 0 Å². The van der Waals surface area contributed by atoms with Gasteiger partial charge in [0.1, 0.15) is 12.7 Å². The van der Waals surface area contributed by atoms with Gasteiger partial charge in [0.05, 0.1) is 5.69 Å². The fraction of sp³-hybridized carbons (Fsp3) is 0.562. The van der Waals surface area contributed by atoms with E-state index in [0.717, 1.165) is 36.9 Å². The average molecular weight is 343 g/mol. The van der Waals surface area contributed by atoms with Crippen LogP contribution in [0.2, 0.25) is 0 Å². The molecule has 1 spiro atoms. The Morgan fingerprint density at radius 1 is 1.24 bits per heavy atom. The number of nitrogens with zero attached hydrogens (tertiary/aromatic N) is 5. The highest BCUT2D eigenvalue weighted by molar-refractivity contribution is 5.76. The molecule has 132 valence electrons. The van der Waals surface area contributed by atoms with E-state index in [1.54, 1.807) is 17.2 Å². The van der Waals surface area contributed by atoms with Crippen molar-refractivity contribution >= 4 is 11.9 Å². The molecule has 4 rings (SSSR count). The van der Waals surface area contributed by atoms with E-state index in [2.05, 4.69) is 20.2 Å². The molecule has 0 unspecified atom stereocenters. The number of piperidine rings is 1. The zero-order chi connectivity index (χ0) is 17.4. The molecule has 9 heteroatoms. The first kappa shape index (κ1) is 15.8. The third-order valence-electron chi connectivity index (χ3n) is 5.51. The number of likely N-dealkylation sites (tertiary alicyclic amines) is 1. The average Bonchev–Trinajstić information content (AvgIpc) is 3.23. The number of rotatable bonds is 3. The molecule has 0 saturated carbocycles. The van der Waals surface area contributed by atoms with E-state index in [4.69, 9.17) is 5.73 Å². The number of carbonyl (C=O) groups excluding carboxylic acids is 1. The van der Waals surface area contributed by atoms with Crippen LogP contribution < -0.4 is 11.3 Å². The molecule has 0 radical (unpaired) electrons. The summed E-state index contributed by atoms with van der Waals surface area (Å²) >= 11 is 0. The lowest BCUT2D eigenvalue weighted by atomic mass is 9.76. The molecule has 2 aromatic heterocycles. The second-order valence-corrected chi connectivity index (χ2v) is 6.89. The Balaban J connectivity index is 1.42. The number of aryl methyl sites for hydroxylation is 1. The molecular weight excluding hydrogens is 322 g/mol. The number of aromatic nitrogens is 5. The van der Waals surface area contributed by atoms with Gasteiger partial charge in [-0.15, -0.1) is 10.2 Å². The van der Waals surface area contributed by atoms with Crippen molar-refractivity contribution in [3.63, 3.8) is 0 Å². The van der Waals surface area contributed by atoms with Crippen molar-refractivity contribution in [1.29, 1.82) is 0 Å². The SMILES string of the molecule is Nc1nc2c(c(=O)[nH]1)CCC21CCN(C(=O)CCn2cnnc2)CC1. The third kappa shape index (κ3) is 2.79. The zero-order valence-electron chi connectivity index (χ0n) is 13.9. The van der Waals surface area contributed by atoms with Crippen LogP contribution in [0.4, 0.5) is 5.95 Å². The Labute approximate surface area is 144 Å². The number of aromatic amines is 1. The Morgan fingerprint density at radius 3 is 2.68 bits per heavy atom. The van der Waals surface area contributed by atoms with E-state index < -0.39 is 0 Å². The van der Waals surface area contributed by atoms with Crippen molar-refractivity contribution < 1.29 is 4.79 Å². The smallest absolute Gasteiger partial charge is 0.255 e. The number of hydrogen-bond acceptors (Lipinski definition) is 6. The molecule has 3 heterocycles. The first-order valence-corrected chi connectivity index (χ1v) is 8.57. The maximum Gasteiger partial charge on any atom is 0.255 e. The van der Waals surface area contributed by atoms with Crippen molar-refractivity contribution in [3.8, 4) is 0 Å². The Morgan fingerprint density at radius 2 is 1.96 bits per heavy atom. The normalized spacial score (nSPS) is 18.5. The molecule has 2 aliphatic rings. The summed E-state index contributed by atoms with van der Waals surface area (Å²) in [6, 6.07) is 0. The van der Waals surface area contributed by atoms with E-state index in [-0.39, 0.29) is 22.8 Å². The fourth-order valence-corrected chi connectivity index (χ4v) is 4.06. The first-order valence-electron chi connectivity index (χ1n) is 8.57. The standard InChI is InChI=1S/C16H21N7O2/c17-15-20-13-11(14(25)21-15)1-3-16(13)4-7-23(8-5-16)12(24)2-6-22-9-18-19-10-22/h9-10H,1-8H2,(H3,17,20,21,25). The van der Waals surface area contributed by atoms with Crippen LogP contribution in [-0.4, -0.2) is 48.6 Å². The minimum Gasteiger partial charge on any atom is -0.369 e. The highest BCUT2D eigenvalue weighted by Gasteiger charge is 2.44. The molecule has 3 N–H and O–H groups in total. The van der Waals surface area contributed by atoms with E-state index in [1.165, 1.54) is 0 Å². The molecule has 25 heavy (non-hydrogen) atoms. The zero-order valence-corrected chi connectivity index (χ0v) is 13.9. The van der Waals surface area contributed by atoms with Gasteiger partial charge >= 0.3 is 0 Å². The van der Waals surface area contributed by atoms with Gasteiger partial charge < -0.3 is 15.2 Å². The molecule has 0 bridgehead atoms. The van der Waals surface area contributed by atoms with Crippen LogP contribution in [0.15, 0.2) is 17.4 Å². The number of nitrogens with two attached hydrogens (primary N) is 1. The lowest BCUT2D eigenvalue weighted by Crippen LogP contribution is -2.45. The maximum absolute atomic E-state index is 12.4. The van der Waals surface area contributed by atoms with E-state index in [9.17, 15) is 9.59 Å². The minimum absolute atomic E-state index is 0.108. The molecular formula is C16H21N7O2. The summed E-state index contributed by atoms with van der Waals surface area (Å²) in [7, 11) is 0. The van der Waals surface area contributed by atoms with Crippen LogP contribution >= 0.6 is 0 Å². The molecule has 0 aromatic carbocycles. The van der Waals surface area contributed by atoms with Crippen molar-refractivity contribution in [2.24, 2.45) is 0 Å². The van der Waals surface area contributed by atoms with Crippen molar-refractivity contribution in [2.45, 2.75) is 44.1 Å². The minimum atomic E-state index is -0.119. The maximum atomic E-state index is 12.4. The topological polar surface area (TPSA) is 123 Å². The van der Waals surface area contributed by atoms with Crippen LogP contribution in [0.1, 0.15) is 36.9 Å². The lowest BCUT2D eigenvalue weighted by molar-refractivity contribution is -0.133.